The zero-order valence-electron chi connectivity index (χ0n) is 12.4. The van der Waals surface area contributed by atoms with Crippen LogP contribution in [0.2, 0.25) is 0 Å². The first-order valence-corrected chi connectivity index (χ1v) is 6.69. The maximum Gasteiger partial charge on any atom is 0.266 e. The molecule has 5 nitrogen and oxygen atoms in total. The Morgan fingerprint density at radius 3 is 1.91 bits per heavy atom. The lowest BCUT2D eigenvalue weighted by molar-refractivity contribution is -0.709. The fourth-order valence-corrected chi connectivity index (χ4v) is 2.37. The summed E-state index contributed by atoms with van der Waals surface area (Å²) in [6, 6.07) is 10.8. The Kier molecular flexibility index (Phi) is 4.47. The van der Waals surface area contributed by atoms with Crippen LogP contribution in [0, 0.1) is 0 Å². The van der Waals surface area contributed by atoms with E-state index >= 15 is 0 Å². The minimum atomic E-state index is -0.236. The summed E-state index contributed by atoms with van der Waals surface area (Å²) in [6.07, 6.45) is 3.72. The van der Waals surface area contributed by atoms with Crippen LogP contribution >= 0.6 is 0 Å². The summed E-state index contributed by atoms with van der Waals surface area (Å²) in [4.78, 5) is 27.8. The summed E-state index contributed by atoms with van der Waals surface area (Å²) in [5.41, 5.74) is 2.02. The minimum Gasteiger partial charge on any atom is -1.00 e. The van der Waals surface area contributed by atoms with E-state index in [9.17, 15) is 9.59 Å². The Morgan fingerprint density at radius 2 is 1.45 bits per heavy atom. The number of hydrogen-bond donors (Lipinski definition) is 0. The second-order valence-corrected chi connectivity index (χ2v) is 5.19. The van der Waals surface area contributed by atoms with Crippen molar-refractivity contribution in [2.45, 2.75) is 6.67 Å². The predicted molar refractivity (Wildman–Crippen MR) is 77.9 cm³/mol. The molecule has 0 saturated heterocycles. The second-order valence-electron chi connectivity index (χ2n) is 5.19. The summed E-state index contributed by atoms with van der Waals surface area (Å²) in [7, 11) is 3.92. The van der Waals surface area contributed by atoms with E-state index in [1.165, 1.54) is 4.90 Å². The van der Waals surface area contributed by atoms with E-state index in [-0.39, 0.29) is 30.9 Å². The van der Waals surface area contributed by atoms with E-state index < -0.39 is 0 Å². The minimum absolute atomic E-state index is 0. The molecule has 1 aromatic heterocycles. The topological polar surface area (TPSA) is 44.5 Å². The lowest BCUT2D eigenvalue weighted by atomic mass is 10.1. The van der Waals surface area contributed by atoms with Crippen molar-refractivity contribution in [1.82, 2.24) is 4.90 Å². The maximum absolute atomic E-state index is 12.3. The quantitative estimate of drug-likeness (QED) is 0.501. The SMILES string of the molecule is CN(C)c1cc[n+](CN2C(=O)c3ccccc3C2=O)cc1.[Cl-]. The van der Waals surface area contributed by atoms with Crippen molar-refractivity contribution < 1.29 is 26.6 Å². The average Bonchev–Trinajstić information content (AvgIpc) is 2.73. The van der Waals surface area contributed by atoms with Gasteiger partial charge in [0.1, 0.15) is 0 Å². The summed E-state index contributed by atoms with van der Waals surface area (Å²) in [6.45, 7) is 0.222. The van der Waals surface area contributed by atoms with Crippen molar-refractivity contribution in [3.05, 3.63) is 59.9 Å². The summed E-state index contributed by atoms with van der Waals surface area (Å²) < 4.78 is 1.81. The number of anilines is 1. The highest BCUT2D eigenvalue weighted by molar-refractivity contribution is 6.21. The number of carbonyl (C=O) groups excluding carboxylic acids is 2. The van der Waals surface area contributed by atoms with Gasteiger partial charge in [-0.2, -0.15) is 4.57 Å². The van der Waals surface area contributed by atoms with Crippen molar-refractivity contribution in [3.63, 3.8) is 0 Å². The standard InChI is InChI=1S/C16H16N3O2.ClH/c1-17(2)12-7-9-18(10-8-12)11-19-15(20)13-5-3-4-6-14(13)16(19)21;/h3-10H,11H2,1-2H3;1H/q+1;/p-1. The molecule has 2 amide bonds. The van der Waals surface area contributed by atoms with E-state index in [2.05, 4.69) is 0 Å². The molecule has 1 aliphatic rings. The molecule has 2 heterocycles. The Bertz CT molecular complexity index is 679. The fraction of sp³-hybridized carbons (Fsp3) is 0.188. The van der Waals surface area contributed by atoms with Gasteiger partial charge in [0.15, 0.2) is 12.4 Å². The molecule has 0 saturated carbocycles. The number of carbonyl (C=O) groups is 2. The first-order chi connectivity index (χ1) is 10.1. The number of fused-ring (bicyclic) bond motifs is 1. The zero-order valence-corrected chi connectivity index (χ0v) is 13.1. The van der Waals surface area contributed by atoms with Gasteiger partial charge in [-0.3, -0.25) is 9.59 Å². The Hall–Kier alpha value is -2.40. The number of pyridine rings is 1. The molecule has 0 unspecified atom stereocenters. The van der Waals surface area contributed by atoms with E-state index in [1.807, 2.05) is 48.1 Å². The number of benzene rings is 1. The molecule has 0 aliphatic carbocycles. The van der Waals surface area contributed by atoms with Crippen LogP contribution in [0.4, 0.5) is 5.69 Å². The van der Waals surface area contributed by atoms with Gasteiger partial charge in [0, 0.05) is 31.9 Å². The smallest absolute Gasteiger partial charge is 0.266 e. The van der Waals surface area contributed by atoms with Gasteiger partial charge in [-0.25, -0.2) is 4.90 Å². The van der Waals surface area contributed by atoms with Gasteiger partial charge < -0.3 is 17.3 Å². The van der Waals surface area contributed by atoms with Crippen molar-refractivity contribution in [3.8, 4) is 0 Å². The second kappa shape index (κ2) is 6.15. The van der Waals surface area contributed by atoms with Crippen LogP contribution in [0.25, 0.3) is 0 Å². The lowest BCUT2D eigenvalue weighted by Gasteiger charge is -2.12. The normalized spacial score (nSPS) is 12.9. The van der Waals surface area contributed by atoms with Crippen LogP contribution in [-0.2, 0) is 6.67 Å². The molecular weight excluding hydrogens is 302 g/mol. The summed E-state index contributed by atoms with van der Waals surface area (Å²) in [5, 5.41) is 0. The number of aromatic nitrogens is 1. The monoisotopic (exact) mass is 317 g/mol. The fourth-order valence-electron chi connectivity index (χ4n) is 2.37. The number of nitrogens with zero attached hydrogens (tertiary/aromatic N) is 3. The average molecular weight is 318 g/mol. The molecule has 0 fully saturated rings. The molecule has 0 bridgehead atoms. The van der Waals surface area contributed by atoms with Gasteiger partial charge in [-0.15, -0.1) is 0 Å². The highest BCUT2D eigenvalue weighted by atomic mass is 35.5. The maximum atomic E-state index is 12.3. The molecular formula is C16H16ClN3O2. The first-order valence-electron chi connectivity index (χ1n) is 6.69. The molecule has 114 valence electrons. The Labute approximate surface area is 135 Å². The Morgan fingerprint density at radius 1 is 0.955 bits per heavy atom. The van der Waals surface area contributed by atoms with E-state index in [0.29, 0.717) is 11.1 Å². The van der Waals surface area contributed by atoms with Crippen LogP contribution in [0.5, 0.6) is 0 Å². The summed E-state index contributed by atoms with van der Waals surface area (Å²) >= 11 is 0. The van der Waals surface area contributed by atoms with Gasteiger partial charge in [0.2, 0.25) is 6.67 Å². The third-order valence-electron chi connectivity index (χ3n) is 3.57. The van der Waals surface area contributed by atoms with Crippen LogP contribution in [-0.4, -0.2) is 30.8 Å². The summed E-state index contributed by atoms with van der Waals surface area (Å²) in [5.74, 6) is -0.473. The molecule has 2 aromatic rings. The third-order valence-corrected chi connectivity index (χ3v) is 3.57. The number of hydrogen-bond acceptors (Lipinski definition) is 3. The molecule has 0 radical (unpaired) electrons. The van der Waals surface area contributed by atoms with Crippen molar-refractivity contribution in [2.75, 3.05) is 19.0 Å². The molecule has 0 spiro atoms. The molecule has 3 rings (SSSR count). The number of halogens is 1. The molecule has 0 atom stereocenters. The van der Waals surface area contributed by atoms with Gasteiger partial charge in [-0.1, -0.05) is 12.1 Å². The lowest BCUT2D eigenvalue weighted by Crippen LogP contribution is -3.00. The van der Waals surface area contributed by atoms with Crippen molar-refractivity contribution in [2.24, 2.45) is 0 Å². The third kappa shape index (κ3) is 2.67. The van der Waals surface area contributed by atoms with Crippen LogP contribution in [0.1, 0.15) is 20.7 Å². The highest BCUT2D eigenvalue weighted by Crippen LogP contribution is 2.22. The van der Waals surface area contributed by atoms with Crippen LogP contribution < -0.4 is 21.9 Å². The number of rotatable bonds is 3. The van der Waals surface area contributed by atoms with Crippen LogP contribution in [0.3, 0.4) is 0 Å². The van der Waals surface area contributed by atoms with Gasteiger partial charge in [-0.05, 0) is 12.1 Å². The van der Waals surface area contributed by atoms with Crippen LogP contribution in [0.15, 0.2) is 48.8 Å². The predicted octanol–water partition coefficient (Wildman–Crippen LogP) is -1.70. The van der Waals surface area contributed by atoms with Crippen molar-refractivity contribution in [1.29, 1.82) is 0 Å². The van der Waals surface area contributed by atoms with Crippen molar-refractivity contribution >= 4 is 17.5 Å². The number of amides is 2. The Balaban J connectivity index is 0.00000176. The van der Waals surface area contributed by atoms with E-state index in [0.717, 1.165) is 5.69 Å². The molecule has 1 aliphatic heterocycles. The molecule has 6 heteroatoms. The molecule has 22 heavy (non-hydrogen) atoms. The molecule has 0 N–H and O–H groups in total. The largest absolute Gasteiger partial charge is 1.00 e. The van der Waals surface area contributed by atoms with E-state index in [4.69, 9.17) is 0 Å². The van der Waals surface area contributed by atoms with Gasteiger partial charge >= 0.3 is 0 Å². The first kappa shape index (κ1) is 16.0. The van der Waals surface area contributed by atoms with Gasteiger partial charge in [0.05, 0.1) is 11.1 Å². The molecule has 1 aromatic carbocycles. The highest BCUT2D eigenvalue weighted by Gasteiger charge is 2.37. The number of imide groups is 1. The van der Waals surface area contributed by atoms with Gasteiger partial charge in [0.25, 0.3) is 11.8 Å². The zero-order chi connectivity index (χ0) is 15.0. The van der Waals surface area contributed by atoms with E-state index in [1.54, 1.807) is 24.3 Å².